The molecular formula is C16H28N4OS. The van der Waals surface area contributed by atoms with Crippen LogP contribution < -0.4 is 10.6 Å². The van der Waals surface area contributed by atoms with Gasteiger partial charge in [0.1, 0.15) is 0 Å². The number of aryl methyl sites for hydroxylation is 1. The summed E-state index contributed by atoms with van der Waals surface area (Å²) in [5.41, 5.74) is -0.604. The molecule has 0 bridgehead atoms. The van der Waals surface area contributed by atoms with Crippen LogP contribution in [-0.4, -0.2) is 41.3 Å². The monoisotopic (exact) mass is 324 g/mol. The molecule has 0 radical (unpaired) electrons. The van der Waals surface area contributed by atoms with Crippen LogP contribution >= 0.6 is 11.3 Å². The summed E-state index contributed by atoms with van der Waals surface area (Å²) in [7, 11) is 0. The number of thiazole rings is 1. The maximum atomic E-state index is 10.5. The third-order valence-corrected chi connectivity index (χ3v) is 4.93. The summed E-state index contributed by atoms with van der Waals surface area (Å²) < 4.78 is 0. The molecule has 3 N–H and O–H groups in total. The Morgan fingerprint density at radius 2 is 2.14 bits per heavy atom. The molecule has 1 aliphatic rings. The highest BCUT2D eigenvalue weighted by Gasteiger charge is 2.28. The highest BCUT2D eigenvalue weighted by Crippen LogP contribution is 2.28. The van der Waals surface area contributed by atoms with Crippen molar-refractivity contribution >= 4 is 17.3 Å². The highest BCUT2D eigenvalue weighted by atomic mass is 32.1. The smallest absolute Gasteiger partial charge is 0.191 e. The molecule has 22 heavy (non-hydrogen) atoms. The zero-order valence-electron chi connectivity index (χ0n) is 13.7. The summed E-state index contributed by atoms with van der Waals surface area (Å²) in [6, 6.07) is 0. The van der Waals surface area contributed by atoms with E-state index in [0.29, 0.717) is 6.54 Å². The Bertz CT molecular complexity index is 480. The second-order valence-electron chi connectivity index (χ2n) is 6.02. The fourth-order valence-corrected chi connectivity index (χ4v) is 3.53. The fraction of sp³-hybridized carbons (Fsp3) is 0.750. The molecule has 2 rings (SSSR count). The molecule has 1 aliphatic carbocycles. The van der Waals surface area contributed by atoms with Crippen molar-refractivity contribution in [2.75, 3.05) is 19.6 Å². The number of rotatable bonds is 6. The predicted octanol–water partition coefficient (Wildman–Crippen LogP) is 2.24. The molecule has 1 fully saturated rings. The van der Waals surface area contributed by atoms with Crippen molar-refractivity contribution in [1.29, 1.82) is 0 Å². The number of nitrogens with one attached hydrogen (secondary N) is 2. The van der Waals surface area contributed by atoms with Crippen LogP contribution in [0.4, 0.5) is 0 Å². The molecule has 0 aliphatic heterocycles. The van der Waals surface area contributed by atoms with E-state index in [1.54, 1.807) is 11.3 Å². The Balaban J connectivity index is 1.81. The lowest BCUT2D eigenvalue weighted by Gasteiger charge is -2.30. The number of hydrogen-bond donors (Lipinski definition) is 3. The molecule has 0 spiro atoms. The van der Waals surface area contributed by atoms with Crippen LogP contribution in [0, 0.1) is 6.92 Å². The second kappa shape index (κ2) is 8.48. The number of nitrogens with zero attached hydrogens (tertiary/aromatic N) is 2. The summed E-state index contributed by atoms with van der Waals surface area (Å²) >= 11 is 1.74. The van der Waals surface area contributed by atoms with E-state index in [1.165, 1.54) is 11.3 Å². The summed E-state index contributed by atoms with van der Waals surface area (Å²) in [5, 5.41) is 18.2. The Labute approximate surface area is 137 Å². The van der Waals surface area contributed by atoms with Crippen LogP contribution in [0.3, 0.4) is 0 Å². The molecule has 0 atom stereocenters. The third kappa shape index (κ3) is 5.57. The van der Waals surface area contributed by atoms with E-state index >= 15 is 0 Å². The first-order valence-corrected chi connectivity index (χ1v) is 9.09. The van der Waals surface area contributed by atoms with Crippen LogP contribution in [0.5, 0.6) is 0 Å². The molecule has 0 saturated heterocycles. The minimum absolute atomic E-state index is 0.485. The first-order chi connectivity index (χ1) is 10.6. The number of aromatic nitrogens is 1. The lowest BCUT2D eigenvalue weighted by Crippen LogP contribution is -2.41. The van der Waals surface area contributed by atoms with Crippen molar-refractivity contribution < 1.29 is 5.11 Å². The lowest BCUT2D eigenvalue weighted by atomic mass is 9.85. The first-order valence-electron chi connectivity index (χ1n) is 8.27. The highest BCUT2D eigenvalue weighted by molar-refractivity contribution is 7.11. The van der Waals surface area contributed by atoms with Crippen LogP contribution in [0.25, 0.3) is 0 Å². The van der Waals surface area contributed by atoms with Crippen molar-refractivity contribution in [2.45, 2.75) is 58.0 Å². The minimum Gasteiger partial charge on any atom is -0.388 e. The molecule has 0 unspecified atom stereocenters. The quantitative estimate of drug-likeness (QED) is 0.554. The largest absolute Gasteiger partial charge is 0.388 e. The van der Waals surface area contributed by atoms with Gasteiger partial charge in [0, 0.05) is 30.6 Å². The maximum absolute atomic E-state index is 10.5. The maximum Gasteiger partial charge on any atom is 0.191 e. The van der Waals surface area contributed by atoms with Gasteiger partial charge < -0.3 is 15.7 Å². The first kappa shape index (κ1) is 17.2. The van der Waals surface area contributed by atoms with E-state index in [0.717, 1.165) is 56.2 Å². The van der Waals surface area contributed by atoms with Crippen LogP contribution in [0.1, 0.15) is 48.9 Å². The standard InChI is InChI=1S/C16H28N4OS/c1-3-17-15(18-10-7-14-19-11-13(2)22-14)20-12-16(21)8-5-4-6-9-16/h11,21H,3-10,12H2,1-2H3,(H2,17,18,20). The van der Waals surface area contributed by atoms with E-state index in [-0.39, 0.29) is 0 Å². The number of guanidine groups is 1. The topological polar surface area (TPSA) is 69.5 Å². The van der Waals surface area contributed by atoms with E-state index < -0.39 is 5.60 Å². The van der Waals surface area contributed by atoms with Crippen molar-refractivity contribution in [2.24, 2.45) is 4.99 Å². The summed E-state index contributed by atoms with van der Waals surface area (Å²) in [6.07, 6.45) is 8.00. The normalized spacial score (nSPS) is 18.2. The Hall–Kier alpha value is -1.14. The van der Waals surface area contributed by atoms with E-state index in [4.69, 9.17) is 0 Å². The molecule has 0 amide bonds. The van der Waals surface area contributed by atoms with Gasteiger partial charge in [0.2, 0.25) is 0 Å². The molecule has 1 saturated carbocycles. The Morgan fingerprint density at radius 3 is 2.77 bits per heavy atom. The second-order valence-corrected chi connectivity index (χ2v) is 7.34. The van der Waals surface area contributed by atoms with Gasteiger partial charge in [-0.1, -0.05) is 19.3 Å². The van der Waals surface area contributed by atoms with Crippen LogP contribution in [-0.2, 0) is 6.42 Å². The zero-order valence-corrected chi connectivity index (χ0v) is 14.5. The van der Waals surface area contributed by atoms with Gasteiger partial charge in [-0.2, -0.15) is 0 Å². The lowest BCUT2D eigenvalue weighted by molar-refractivity contribution is 0.0131. The van der Waals surface area contributed by atoms with Gasteiger partial charge in [0.05, 0.1) is 17.2 Å². The van der Waals surface area contributed by atoms with Gasteiger partial charge in [0.15, 0.2) is 5.96 Å². The van der Waals surface area contributed by atoms with Crippen LogP contribution in [0.15, 0.2) is 11.2 Å². The van der Waals surface area contributed by atoms with Gasteiger partial charge in [-0.05, 0) is 26.7 Å². The van der Waals surface area contributed by atoms with Gasteiger partial charge >= 0.3 is 0 Å². The molecule has 1 aromatic rings. The van der Waals surface area contributed by atoms with Crippen molar-refractivity contribution in [3.63, 3.8) is 0 Å². The number of aliphatic hydroxyl groups is 1. The van der Waals surface area contributed by atoms with Gasteiger partial charge in [-0.3, -0.25) is 4.99 Å². The molecule has 6 heteroatoms. The molecule has 0 aromatic carbocycles. The Morgan fingerprint density at radius 1 is 1.36 bits per heavy atom. The molecule has 1 aromatic heterocycles. The van der Waals surface area contributed by atoms with Gasteiger partial charge in [0.25, 0.3) is 0 Å². The number of hydrogen-bond acceptors (Lipinski definition) is 4. The average molecular weight is 324 g/mol. The minimum atomic E-state index is -0.604. The van der Waals surface area contributed by atoms with Crippen LogP contribution in [0.2, 0.25) is 0 Å². The number of aliphatic imine (C=N–C) groups is 1. The third-order valence-electron chi connectivity index (χ3n) is 3.96. The van der Waals surface area contributed by atoms with E-state index in [1.807, 2.05) is 6.20 Å². The SMILES string of the molecule is CCNC(=NCC1(O)CCCCC1)NCCc1ncc(C)s1. The zero-order chi connectivity index (χ0) is 15.8. The van der Waals surface area contributed by atoms with Gasteiger partial charge in [-0.25, -0.2) is 4.98 Å². The summed E-state index contributed by atoms with van der Waals surface area (Å²) in [6.45, 7) is 6.23. The van der Waals surface area contributed by atoms with E-state index in [2.05, 4.69) is 34.5 Å². The summed E-state index contributed by atoms with van der Waals surface area (Å²) in [4.78, 5) is 10.2. The molecule has 1 heterocycles. The van der Waals surface area contributed by atoms with E-state index in [9.17, 15) is 5.11 Å². The fourth-order valence-electron chi connectivity index (χ4n) is 2.74. The average Bonchev–Trinajstić information content (AvgIpc) is 2.91. The Kier molecular flexibility index (Phi) is 6.64. The predicted molar refractivity (Wildman–Crippen MR) is 92.6 cm³/mol. The summed E-state index contributed by atoms with van der Waals surface area (Å²) in [5.74, 6) is 0.787. The van der Waals surface area contributed by atoms with Crippen molar-refractivity contribution in [3.05, 3.63) is 16.1 Å². The molecule has 5 nitrogen and oxygen atoms in total. The molecular weight excluding hydrogens is 296 g/mol. The van der Waals surface area contributed by atoms with Crippen molar-refractivity contribution in [3.8, 4) is 0 Å². The van der Waals surface area contributed by atoms with Crippen molar-refractivity contribution in [1.82, 2.24) is 15.6 Å². The molecule has 124 valence electrons. The van der Waals surface area contributed by atoms with Gasteiger partial charge in [-0.15, -0.1) is 11.3 Å².